The van der Waals surface area contributed by atoms with E-state index in [-0.39, 0.29) is 0 Å². The largest absolute Gasteiger partial charge is 0.303 e. The summed E-state index contributed by atoms with van der Waals surface area (Å²) in [5.41, 5.74) is 1.25. The first kappa shape index (κ1) is 10.0. The molecule has 0 unspecified atom stereocenters. The summed E-state index contributed by atoms with van der Waals surface area (Å²) in [7, 11) is 0. The monoisotopic (exact) mass is 208 g/mol. The Labute approximate surface area is 90.7 Å². The summed E-state index contributed by atoms with van der Waals surface area (Å²) in [5.74, 6) is 0. The number of benzene rings is 1. The molecule has 0 amide bonds. The van der Waals surface area contributed by atoms with E-state index in [1.165, 1.54) is 31.5 Å². The smallest absolute Gasteiger partial charge is 0.0444 e. The Morgan fingerprint density at radius 3 is 2.86 bits per heavy atom. The van der Waals surface area contributed by atoms with E-state index in [4.69, 9.17) is 11.6 Å². The highest BCUT2D eigenvalue weighted by Crippen LogP contribution is 2.16. The lowest BCUT2D eigenvalue weighted by atomic mass is 10.1. The Morgan fingerprint density at radius 2 is 2.14 bits per heavy atom. The Balaban J connectivity index is 1.88. The predicted molar refractivity (Wildman–Crippen MR) is 59.7 cm³/mol. The summed E-state index contributed by atoms with van der Waals surface area (Å²) in [6.07, 6.45) is 3.78. The first-order chi connectivity index (χ1) is 6.86. The quantitative estimate of drug-likeness (QED) is 0.739. The molecule has 1 radical (unpaired) electrons. The fraction of sp³-hybridized carbons (Fsp3) is 0.500. The Bertz CT molecular complexity index is 292. The predicted octanol–water partition coefficient (Wildman–Crippen LogP) is 2.78. The normalized spacial score (nSPS) is 17.5. The molecule has 0 aliphatic carbocycles. The van der Waals surface area contributed by atoms with Crippen LogP contribution in [0.3, 0.4) is 0 Å². The maximum Gasteiger partial charge on any atom is 0.0444 e. The molecule has 0 atom stereocenters. The van der Waals surface area contributed by atoms with Crippen LogP contribution in [0.15, 0.2) is 18.2 Å². The molecule has 0 aromatic heterocycles. The second-order valence-corrected chi connectivity index (χ2v) is 4.22. The van der Waals surface area contributed by atoms with Crippen molar-refractivity contribution in [3.05, 3.63) is 34.9 Å². The average Bonchev–Trinajstić information content (AvgIpc) is 2.69. The Kier molecular flexibility index (Phi) is 3.44. The van der Waals surface area contributed by atoms with Gasteiger partial charge in [-0.3, -0.25) is 0 Å². The highest BCUT2D eigenvalue weighted by Gasteiger charge is 2.11. The van der Waals surface area contributed by atoms with Crippen LogP contribution in [0.1, 0.15) is 18.4 Å². The molecule has 1 aliphatic heterocycles. The van der Waals surface area contributed by atoms with Gasteiger partial charge in [0, 0.05) is 11.6 Å². The van der Waals surface area contributed by atoms with Crippen LogP contribution < -0.4 is 0 Å². The van der Waals surface area contributed by atoms with Crippen molar-refractivity contribution in [3.8, 4) is 0 Å². The van der Waals surface area contributed by atoms with Crippen LogP contribution >= 0.6 is 11.6 Å². The van der Waals surface area contributed by atoms with Gasteiger partial charge in [-0.2, -0.15) is 0 Å². The van der Waals surface area contributed by atoms with Gasteiger partial charge in [0.05, 0.1) is 0 Å². The number of rotatable bonds is 3. The molecule has 1 fully saturated rings. The molecule has 1 aliphatic rings. The molecular formula is C12H15ClN. The second kappa shape index (κ2) is 4.81. The highest BCUT2D eigenvalue weighted by molar-refractivity contribution is 6.31. The van der Waals surface area contributed by atoms with Gasteiger partial charge in [-0.15, -0.1) is 0 Å². The van der Waals surface area contributed by atoms with Gasteiger partial charge in [0.25, 0.3) is 0 Å². The Hall–Kier alpha value is -0.530. The maximum atomic E-state index is 6.06. The van der Waals surface area contributed by atoms with Crippen molar-refractivity contribution in [1.82, 2.24) is 4.90 Å². The number of halogens is 1. The number of hydrogen-bond acceptors (Lipinski definition) is 1. The standard InChI is InChI=1S/C12H15ClN/c13-12-6-2-1-5-11(12)7-10-14-8-3-4-9-14/h1,5-6H,3-4,7-10H2. The van der Waals surface area contributed by atoms with Crippen molar-refractivity contribution in [2.45, 2.75) is 19.3 Å². The van der Waals surface area contributed by atoms with Crippen molar-refractivity contribution in [1.29, 1.82) is 0 Å². The van der Waals surface area contributed by atoms with Gasteiger partial charge in [0.15, 0.2) is 0 Å². The van der Waals surface area contributed by atoms with Gasteiger partial charge in [0.2, 0.25) is 0 Å². The lowest BCUT2D eigenvalue weighted by Crippen LogP contribution is -2.21. The lowest BCUT2D eigenvalue weighted by Gasteiger charge is -2.14. The zero-order chi connectivity index (χ0) is 9.80. The van der Waals surface area contributed by atoms with E-state index in [0.29, 0.717) is 0 Å². The molecule has 0 saturated carbocycles. The van der Waals surface area contributed by atoms with E-state index < -0.39 is 0 Å². The van der Waals surface area contributed by atoms with Gasteiger partial charge >= 0.3 is 0 Å². The zero-order valence-corrected chi connectivity index (χ0v) is 9.06. The minimum absolute atomic E-state index is 0.853. The van der Waals surface area contributed by atoms with Crippen molar-refractivity contribution >= 4 is 11.6 Å². The van der Waals surface area contributed by atoms with E-state index in [1.54, 1.807) is 0 Å². The van der Waals surface area contributed by atoms with E-state index in [1.807, 2.05) is 12.1 Å². The molecule has 75 valence electrons. The molecule has 1 heterocycles. The summed E-state index contributed by atoms with van der Waals surface area (Å²) in [6.45, 7) is 3.66. The van der Waals surface area contributed by atoms with Crippen molar-refractivity contribution in [2.24, 2.45) is 0 Å². The minimum Gasteiger partial charge on any atom is -0.303 e. The summed E-state index contributed by atoms with van der Waals surface area (Å²) in [6, 6.07) is 8.84. The summed E-state index contributed by atoms with van der Waals surface area (Å²) < 4.78 is 0. The zero-order valence-electron chi connectivity index (χ0n) is 8.30. The summed E-state index contributed by atoms with van der Waals surface area (Å²) in [4.78, 5) is 2.51. The Morgan fingerprint density at radius 1 is 1.36 bits per heavy atom. The molecular weight excluding hydrogens is 194 g/mol. The van der Waals surface area contributed by atoms with Crippen molar-refractivity contribution in [3.63, 3.8) is 0 Å². The third kappa shape index (κ3) is 2.49. The van der Waals surface area contributed by atoms with Gasteiger partial charge in [0.1, 0.15) is 0 Å². The van der Waals surface area contributed by atoms with E-state index >= 15 is 0 Å². The fourth-order valence-corrected chi connectivity index (χ4v) is 2.15. The molecule has 1 saturated heterocycles. The van der Waals surface area contributed by atoms with Crippen molar-refractivity contribution < 1.29 is 0 Å². The van der Waals surface area contributed by atoms with Gasteiger partial charge in [-0.1, -0.05) is 23.7 Å². The van der Waals surface area contributed by atoms with E-state index in [0.717, 1.165) is 18.0 Å². The third-order valence-electron chi connectivity index (χ3n) is 2.79. The number of nitrogens with zero attached hydrogens (tertiary/aromatic N) is 1. The van der Waals surface area contributed by atoms with Gasteiger partial charge in [-0.25, -0.2) is 0 Å². The molecule has 1 nitrogen and oxygen atoms in total. The minimum atomic E-state index is 0.853. The SMILES string of the molecule is Clc1c[c]ccc1CCN1CCCC1. The molecule has 2 rings (SSSR count). The van der Waals surface area contributed by atoms with Crippen LogP contribution in [0, 0.1) is 6.07 Å². The molecule has 0 N–H and O–H groups in total. The van der Waals surface area contributed by atoms with E-state index in [9.17, 15) is 0 Å². The number of hydrogen-bond donors (Lipinski definition) is 0. The maximum absolute atomic E-state index is 6.06. The van der Waals surface area contributed by atoms with Crippen LogP contribution in [0.25, 0.3) is 0 Å². The second-order valence-electron chi connectivity index (χ2n) is 3.82. The first-order valence-corrected chi connectivity index (χ1v) is 5.61. The molecule has 14 heavy (non-hydrogen) atoms. The highest BCUT2D eigenvalue weighted by atomic mass is 35.5. The van der Waals surface area contributed by atoms with Gasteiger partial charge in [-0.05, 0) is 50.0 Å². The fourth-order valence-electron chi connectivity index (χ4n) is 1.93. The van der Waals surface area contributed by atoms with Crippen LogP contribution in [-0.4, -0.2) is 24.5 Å². The molecule has 0 spiro atoms. The molecule has 1 aromatic carbocycles. The third-order valence-corrected chi connectivity index (χ3v) is 3.15. The number of likely N-dealkylation sites (tertiary alicyclic amines) is 1. The first-order valence-electron chi connectivity index (χ1n) is 5.23. The van der Waals surface area contributed by atoms with Gasteiger partial charge < -0.3 is 4.90 Å². The average molecular weight is 209 g/mol. The molecule has 2 heteroatoms. The lowest BCUT2D eigenvalue weighted by molar-refractivity contribution is 0.343. The molecule has 1 aromatic rings. The summed E-state index contributed by atoms with van der Waals surface area (Å²) in [5, 5.41) is 0.853. The van der Waals surface area contributed by atoms with E-state index in [2.05, 4.69) is 17.0 Å². The topological polar surface area (TPSA) is 3.24 Å². The van der Waals surface area contributed by atoms with Crippen LogP contribution in [0.5, 0.6) is 0 Å². The van der Waals surface area contributed by atoms with Crippen LogP contribution in [-0.2, 0) is 6.42 Å². The molecule has 0 bridgehead atoms. The van der Waals surface area contributed by atoms with Crippen molar-refractivity contribution in [2.75, 3.05) is 19.6 Å². The van der Waals surface area contributed by atoms with Crippen LogP contribution in [0.4, 0.5) is 0 Å². The van der Waals surface area contributed by atoms with Crippen LogP contribution in [0.2, 0.25) is 5.02 Å². The summed E-state index contributed by atoms with van der Waals surface area (Å²) >= 11 is 6.06.